The number of hydrogen-bond donors (Lipinski definition) is 2. The molecule has 6 heteroatoms. The first-order chi connectivity index (χ1) is 12.5. The van der Waals surface area contributed by atoms with Crippen molar-refractivity contribution in [3.8, 4) is 0 Å². The summed E-state index contributed by atoms with van der Waals surface area (Å²) in [5.74, 6) is 0.785. The highest BCUT2D eigenvalue weighted by atomic mass is 16.5. The molecule has 0 heterocycles. The van der Waals surface area contributed by atoms with Gasteiger partial charge in [-0.2, -0.15) is 0 Å². The molecule has 0 aliphatic heterocycles. The van der Waals surface area contributed by atoms with Crippen LogP contribution in [0.2, 0.25) is 0 Å². The molecule has 6 nitrogen and oxygen atoms in total. The van der Waals surface area contributed by atoms with Gasteiger partial charge in [-0.3, -0.25) is 9.59 Å². The molecule has 1 aliphatic carbocycles. The zero-order chi connectivity index (χ0) is 20.5. The molecule has 2 amide bonds. The highest BCUT2D eigenvalue weighted by molar-refractivity contribution is 5.81. The summed E-state index contributed by atoms with van der Waals surface area (Å²) in [6.45, 7) is 14.7. The molecule has 1 aliphatic rings. The first-order valence-electron chi connectivity index (χ1n) is 10.3. The van der Waals surface area contributed by atoms with Crippen molar-refractivity contribution in [1.29, 1.82) is 0 Å². The summed E-state index contributed by atoms with van der Waals surface area (Å²) in [5, 5.41) is 6.01. The van der Waals surface area contributed by atoms with E-state index in [-0.39, 0.29) is 28.7 Å². The number of carbonyl (C=O) groups is 2. The number of nitrogens with one attached hydrogen (secondary N) is 2. The van der Waals surface area contributed by atoms with Gasteiger partial charge < -0.3 is 20.1 Å². The van der Waals surface area contributed by atoms with E-state index in [4.69, 9.17) is 9.47 Å². The van der Waals surface area contributed by atoms with Crippen molar-refractivity contribution in [2.75, 3.05) is 32.9 Å². The van der Waals surface area contributed by atoms with Gasteiger partial charge in [0.1, 0.15) is 0 Å². The molecule has 0 atom stereocenters. The van der Waals surface area contributed by atoms with E-state index >= 15 is 0 Å². The Morgan fingerprint density at radius 1 is 0.889 bits per heavy atom. The van der Waals surface area contributed by atoms with Crippen LogP contribution in [0.25, 0.3) is 0 Å². The van der Waals surface area contributed by atoms with Crippen LogP contribution in [0, 0.1) is 17.3 Å². The van der Waals surface area contributed by atoms with Gasteiger partial charge in [0.15, 0.2) is 0 Å². The first kappa shape index (κ1) is 23.9. The molecule has 0 radical (unpaired) electrons. The van der Waals surface area contributed by atoms with E-state index in [2.05, 4.69) is 10.6 Å². The van der Waals surface area contributed by atoms with Crippen molar-refractivity contribution in [2.45, 2.75) is 72.8 Å². The van der Waals surface area contributed by atoms with Gasteiger partial charge in [-0.1, -0.05) is 20.8 Å². The lowest BCUT2D eigenvalue weighted by molar-refractivity contribution is -0.129. The lowest BCUT2D eigenvalue weighted by Gasteiger charge is -2.29. The molecule has 0 bridgehead atoms. The summed E-state index contributed by atoms with van der Waals surface area (Å²) in [4.78, 5) is 24.2. The van der Waals surface area contributed by atoms with Crippen LogP contribution in [0.1, 0.15) is 67.2 Å². The fraction of sp³-hybridized carbons (Fsp3) is 0.905. The van der Waals surface area contributed by atoms with Crippen molar-refractivity contribution < 1.29 is 19.1 Å². The third-order valence-corrected chi connectivity index (χ3v) is 4.76. The molecule has 1 fully saturated rings. The predicted octanol–water partition coefficient (Wildman–Crippen LogP) is 2.90. The Morgan fingerprint density at radius 3 is 2.07 bits per heavy atom. The molecule has 0 unspecified atom stereocenters. The summed E-state index contributed by atoms with van der Waals surface area (Å²) >= 11 is 0. The zero-order valence-corrected chi connectivity index (χ0v) is 18.2. The van der Waals surface area contributed by atoms with Crippen LogP contribution in [0.5, 0.6) is 0 Å². The Morgan fingerprint density at radius 2 is 1.52 bits per heavy atom. The molecule has 0 aromatic rings. The van der Waals surface area contributed by atoms with Crippen molar-refractivity contribution >= 4 is 11.8 Å². The van der Waals surface area contributed by atoms with Crippen LogP contribution < -0.4 is 10.6 Å². The normalized spacial score (nSPS) is 21.0. The largest absolute Gasteiger partial charge is 0.377 e. The van der Waals surface area contributed by atoms with Crippen LogP contribution in [0.3, 0.4) is 0 Å². The molecule has 2 N–H and O–H groups in total. The van der Waals surface area contributed by atoms with Crippen molar-refractivity contribution in [2.24, 2.45) is 17.3 Å². The zero-order valence-electron chi connectivity index (χ0n) is 18.2. The Kier molecular flexibility index (Phi) is 9.74. The minimum absolute atomic E-state index is 0.0868. The fourth-order valence-corrected chi connectivity index (χ4v) is 3.03. The molecule has 158 valence electrons. The predicted molar refractivity (Wildman–Crippen MR) is 107 cm³/mol. The fourth-order valence-electron chi connectivity index (χ4n) is 3.03. The Balaban J connectivity index is 2.09. The van der Waals surface area contributed by atoms with Crippen molar-refractivity contribution in [1.82, 2.24) is 10.6 Å². The molecule has 0 spiro atoms. The lowest BCUT2D eigenvalue weighted by atomic mass is 9.81. The number of ether oxygens (including phenoxy) is 2. The minimum Gasteiger partial charge on any atom is -0.377 e. The van der Waals surface area contributed by atoms with Crippen LogP contribution in [0.15, 0.2) is 0 Å². The second kappa shape index (κ2) is 11.0. The number of hydrogen-bond acceptors (Lipinski definition) is 4. The van der Waals surface area contributed by atoms with Gasteiger partial charge >= 0.3 is 0 Å². The maximum Gasteiger partial charge on any atom is 0.225 e. The van der Waals surface area contributed by atoms with Gasteiger partial charge in [0.05, 0.1) is 25.4 Å². The lowest BCUT2D eigenvalue weighted by Crippen LogP contribution is -2.40. The summed E-state index contributed by atoms with van der Waals surface area (Å²) in [7, 11) is 0. The first-order valence-corrected chi connectivity index (χ1v) is 10.3. The van der Waals surface area contributed by atoms with Gasteiger partial charge in [-0.05, 0) is 52.4 Å². The molecule has 0 saturated heterocycles. The van der Waals surface area contributed by atoms with E-state index in [0.29, 0.717) is 32.3 Å². The maximum atomic E-state index is 12.3. The summed E-state index contributed by atoms with van der Waals surface area (Å²) in [6.07, 6.45) is 3.76. The van der Waals surface area contributed by atoms with Gasteiger partial charge in [0.2, 0.25) is 11.8 Å². The van der Waals surface area contributed by atoms with E-state index in [1.165, 1.54) is 0 Å². The number of rotatable bonds is 9. The smallest absolute Gasteiger partial charge is 0.225 e. The number of carbonyl (C=O) groups excluding carboxylic acids is 2. The van der Waals surface area contributed by atoms with E-state index < -0.39 is 0 Å². The summed E-state index contributed by atoms with van der Waals surface area (Å²) in [6, 6.07) is 0. The molecular formula is C21H40N2O4. The molecule has 1 rings (SSSR count). The van der Waals surface area contributed by atoms with E-state index in [9.17, 15) is 9.59 Å². The second-order valence-corrected chi connectivity index (χ2v) is 9.54. The van der Waals surface area contributed by atoms with Crippen LogP contribution in [-0.4, -0.2) is 50.3 Å². The third-order valence-electron chi connectivity index (χ3n) is 4.76. The van der Waals surface area contributed by atoms with E-state index in [1.54, 1.807) is 0 Å². The summed E-state index contributed by atoms with van der Waals surface area (Å²) < 4.78 is 11.1. The van der Waals surface area contributed by atoms with Crippen LogP contribution in [-0.2, 0) is 19.1 Å². The highest BCUT2D eigenvalue weighted by Gasteiger charge is 2.27. The van der Waals surface area contributed by atoms with Gasteiger partial charge in [-0.25, -0.2) is 0 Å². The minimum atomic E-state index is -0.349. The molecular weight excluding hydrogens is 344 g/mol. The SMILES string of the molecule is CC(C)(C)OCCOCCNC(=O)C1CCC(CNC(=O)C(C)(C)C)CC1. The highest BCUT2D eigenvalue weighted by Crippen LogP contribution is 2.28. The molecule has 27 heavy (non-hydrogen) atoms. The average molecular weight is 385 g/mol. The van der Waals surface area contributed by atoms with Gasteiger partial charge in [0.25, 0.3) is 0 Å². The van der Waals surface area contributed by atoms with E-state index in [1.807, 2.05) is 41.5 Å². The monoisotopic (exact) mass is 384 g/mol. The topological polar surface area (TPSA) is 76.7 Å². The van der Waals surface area contributed by atoms with Crippen molar-refractivity contribution in [3.05, 3.63) is 0 Å². The van der Waals surface area contributed by atoms with E-state index in [0.717, 1.165) is 32.2 Å². The standard InChI is InChI=1S/C21H40N2O4/c1-20(2,3)19(25)23-15-16-7-9-17(10-8-16)18(24)22-11-12-26-13-14-27-21(4,5)6/h16-17H,7-15H2,1-6H3,(H,22,24)(H,23,25). The third kappa shape index (κ3) is 10.7. The van der Waals surface area contributed by atoms with Crippen LogP contribution >= 0.6 is 0 Å². The molecule has 0 aromatic heterocycles. The maximum absolute atomic E-state index is 12.3. The second-order valence-electron chi connectivity index (χ2n) is 9.54. The Hall–Kier alpha value is -1.14. The quantitative estimate of drug-likeness (QED) is 0.599. The average Bonchev–Trinajstić information content (AvgIpc) is 2.57. The number of amides is 2. The Bertz CT molecular complexity index is 458. The van der Waals surface area contributed by atoms with Gasteiger partial charge in [0, 0.05) is 24.4 Å². The van der Waals surface area contributed by atoms with Crippen LogP contribution in [0.4, 0.5) is 0 Å². The molecule has 1 saturated carbocycles. The van der Waals surface area contributed by atoms with Crippen molar-refractivity contribution in [3.63, 3.8) is 0 Å². The summed E-state index contributed by atoms with van der Waals surface area (Å²) in [5.41, 5.74) is -0.496. The Labute approximate surface area is 165 Å². The molecule has 0 aromatic carbocycles. The van der Waals surface area contributed by atoms with Gasteiger partial charge in [-0.15, -0.1) is 0 Å².